The van der Waals surface area contributed by atoms with Crippen LogP contribution in [0.2, 0.25) is 0 Å². The van der Waals surface area contributed by atoms with Gasteiger partial charge in [0.2, 0.25) is 0 Å². The molecule has 5 nitrogen and oxygen atoms in total. The number of aliphatic hydroxyl groups is 1. The summed E-state index contributed by atoms with van der Waals surface area (Å²) in [6.45, 7) is 1.91. The highest BCUT2D eigenvalue weighted by Gasteiger charge is 2.07. The van der Waals surface area contributed by atoms with Gasteiger partial charge in [-0.25, -0.2) is 4.79 Å². The summed E-state index contributed by atoms with van der Waals surface area (Å²) in [6, 6.07) is 12.5. The van der Waals surface area contributed by atoms with Crippen LogP contribution in [0.25, 0.3) is 6.08 Å². The third kappa shape index (κ3) is 5.69. The first-order valence-corrected chi connectivity index (χ1v) is 8.06. The van der Waals surface area contributed by atoms with Gasteiger partial charge in [-0.1, -0.05) is 17.9 Å². The van der Waals surface area contributed by atoms with Crippen LogP contribution < -0.4 is 9.47 Å². The Bertz CT molecular complexity index is 826. The van der Waals surface area contributed by atoms with Crippen molar-refractivity contribution in [3.8, 4) is 29.1 Å². The van der Waals surface area contributed by atoms with E-state index in [4.69, 9.17) is 19.3 Å². The normalized spacial score (nSPS) is 10.1. The van der Waals surface area contributed by atoms with Crippen molar-refractivity contribution in [2.45, 2.75) is 6.92 Å². The molecule has 1 N–H and O–H groups in total. The third-order valence-electron chi connectivity index (χ3n) is 3.28. The lowest BCUT2D eigenvalue weighted by Gasteiger charge is -2.11. The predicted octanol–water partition coefficient (Wildman–Crippen LogP) is 3.41. The summed E-state index contributed by atoms with van der Waals surface area (Å²) in [6.07, 6.45) is 3.02. The number of carbonyl (C=O) groups is 1. The van der Waals surface area contributed by atoms with Crippen LogP contribution in [-0.2, 0) is 9.53 Å². The van der Waals surface area contributed by atoms with Gasteiger partial charge in [-0.3, -0.25) is 0 Å². The number of benzene rings is 2. The molecule has 0 amide bonds. The maximum atomic E-state index is 11.4. The zero-order valence-corrected chi connectivity index (χ0v) is 14.7. The fourth-order valence-corrected chi connectivity index (χ4v) is 2.11. The molecule has 0 radical (unpaired) electrons. The molecule has 2 rings (SSSR count). The van der Waals surface area contributed by atoms with E-state index in [0.29, 0.717) is 23.9 Å². The molecular weight excluding hydrogens is 332 g/mol. The van der Waals surface area contributed by atoms with E-state index in [-0.39, 0.29) is 6.61 Å². The Morgan fingerprint density at radius 1 is 1.15 bits per heavy atom. The SMILES string of the molecule is CCOC(=O)/C=C/c1ccc(OC)c(Oc2ccc(C#CCO)cc2)c1. The van der Waals surface area contributed by atoms with Crippen LogP contribution in [0.3, 0.4) is 0 Å². The first-order chi connectivity index (χ1) is 12.7. The predicted molar refractivity (Wildman–Crippen MR) is 99.1 cm³/mol. The van der Waals surface area contributed by atoms with Crippen LogP contribution in [0.1, 0.15) is 18.1 Å². The van der Waals surface area contributed by atoms with Gasteiger partial charge in [0.05, 0.1) is 13.7 Å². The van der Waals surface area contributed by atoms with E-state index in [1.807, 2.05) is 6.07 Å². The molecule has 5 heteroatoms. The maximum Gasteiger partial charge on any atom is 0.330 e. The molecule has 0 aromatic heterocycles. The molecule has 0 unspecified atom stereocenters. The highest BCUT2D eigenvalue weighted by atomic mass is 16.5. The molecule has 2 aromatic rings. The standard InChI is InChI=1S/C21H20O5/c1-3-25-21(23)13-9-17-8-12-19(24-2)20(15-17)26-18-10-6-16(7-11-18)5-4-14-22/h6-13,15,22H,3,14H2,1-2H3/b13-9+. The van der Waals surface area contributed by atoms with Crippen LogP contribution in [-0.4, -0.2) is 31.4 Å². The smallest absolute Gasteiger partial charge is 0.330 e. The first kappa shape index (κ1) is 19.1. The lowest BCUT2D eigenvalue weighted by molar-refractivity contribution is -0.137. The Morgan fingerprint density at radius 3 is 2.58 bits per heavy atom. The Balaban J connectivity index is 2.19. The maximum absolute atomic E-state index is 11.4. The Kier molecular flexibility index (Phi) is 7.29. The fourth-order valence-electron chi connectivity index (χ4n) is 2.11. The van der Waals surface area contributed by atoms with Crippen LogP contribution in [0.5, 0.6) is 17.2 Å². The molecule has 0 heterocycles. The molecule has 0 aliphatic heterocycles. The van der Waals surface area contributed by atoms with Gasteiger partial charge in [0, 0.05) is 11.6 Å². The molecule has 134 valence electrons. The van der Waals surface area contributed by atoms with Crippen LogP contribution in [0.15, 0.2) is 48.5 Å². The van der Waals surface area contributed by atoms with E-state index in [1.54, 1.807) is 56.5 Å². The van der Waals surface area contributed by atoms with Crippen molar-refractivity contribution in [3.05, 3.63) is 59.7 Å². The van der Waals surface area contributed by atoms with E-state index >= 15 is 0 Å². The van der Waals surface area contributed by atoms with Gasteiger partial charge in [0.25, 0.3) is 0 Å². The van der Waals surface area contributed by atoms with Crippen molar-refractivity contribution in [1.82, 2.24) is 0 Å². The summed E-state index contributed by atoms with van der Waals surface area (Å²) in [4.78, 5) is 11.4. The monoisotopic (exact) mass is 352 g/mol. The van der Waals surface area contributed by atoms with Gasteiger partial charge in [-0.2, -0.15) is 0 Å². The Morgan fingerprint density at radius 2 is 1.92 bits per heavy atom. The Hall–Kier alpha value is -3.23. The number of methoxy groups -OCH3 is 1. The average molecular weight is 352 g/mol. The van der Waals surface area contributed by atoms with Crippen molar-refractivity contribution >= 4 is 12.0 Å². The van der Waals surface area contributed by atoms with Crippen molar-refractivity contribution in [3.63, 3.8) is 0 Å². The average Bonchev–Trinajstić information content (AvgIpc) is 2.66. The second-order valence-electron chi connectivity index (χ2n) is 5.08. The quantitative estimate of drug-likeness (QED) is 0.490. The van der Waals surface area contributed by atoms with Crippen LogP contribution >= 0.6 is 0 Å². The van der Waals surface area contributed by atoms with E-state index in [2.05, 4.69) is 11.8 Å². The minimum absolute atomic E-state index is 0.179. The molecule has 0 atom stereocenters. The minimum atomic E-state index is -0.398. The summed E-state index contributed by atoms with van der Waals surface area (Å²) in [5, 5.41) is 8.72. The number of aliphatic hydroxyl groups excluding tert-OH is 1. The number of esters is 1. The van der Waals surface area contributed by atoms with Gasteiger partial charge >= 0.3 is 5.97 Å². The van der Waals surface area contributed by atoms with Gasteiger partial charge in [0.15, 0.2) is 11.5 Å². The van der Waals surface area contributed by atoms with E-state index in [0.717, 1.165) is 11.1 Å². The highest BCUT2D eigenvalue weighted by Crippen LogP contribution is 2.32. The van der Waals surface area contributed by atoms with Gasteiger partial charge in [-0.15, -0.1) is 0 Å². The van der Waals surface area contributed by atoms with E-state index in [1.165, 1.54) is 6.08 Å². The molecule has 0 saturated heterocycles. The summed E-state index contributed by atoms with van der Waals surface area (Å²) in [5.41, 5.74) is 1.56. The van der Waals surface area contributed by atoms with Crippen LogP contribution in [0.4, 0.5) is 0 Å². The Labute approximate surface area is 152 Å². The summed E-state index contributed by atoms with van der Waals surface area (Å²) >= 11 is 0. The second kappa shape index (κ2) is 9.92. The fraction of sp³-hybridized carbons (Fsp3) is 0.190. The lowest BCUT2D eigenvalue weighted by Crippen LogP contribution is -1.98. The van der Waals surface area contributed by atoms with Crippen molar-refractivity contribution in [1.29, 1.82) is 0 Å². The zero-order valence-electron chi connectivity index (χ0n) is 14.7. The number of ether oxygens (including phenoxy) is 3. The molecule has 0 aliphatic rings. The number of hydrogen-bond donors (Lipinski definition) is 1. The third-order valence-corrected chi connectivity index (χ3v) is 3.28. The number of carbonyl (C=O) groups excluding carboxylic acids is 1. The van der Waals surface area contributed by atoms with Crippen LogP contribution in [0, 0.1) is 11.8 Å². The molecule has 26 heavy (non-hydrogen) atoms. The summed E-state index contributed by atoms with van der Waals surface area (Å²) in [5.74, 6) is 6.72. The minimum Gasteiger partial charge on any atom is -0.493 e. The van der Waals surface area contributed by atoms with Crippen molar-refractivity contribution in [2.24, 2.45) is 0 Å². The molecular formula is C21H20O5. The molecule has 0 fully saturated rings. The summed E-state index contributed by atoms with van der Waals surface area (Å²) in [7, 11) is 1.56. The van der Waals surface area contributed by atoms with Gasteiger partial charge in [0.1, 0.15) is 12.4 Å². The number of rotatable bonds is 6. The zero-order chi connectivity index (χ0) is 18.8. The first-order valence-electron chi connectivity index (χ1n) is 8.06. The molecule has 2 aromatic carbocycles. The molecule has 0 saturated carbocycles. The second-order valence-corrected chi connectivity index (χ2v) is 5.08. The molecule has 0 spiro atoms. The highest BCUT2D eigenvalue weighted by molar-refractivity contribution is 5.87. The van der Waals surface area contributed by atoms with E-state index < -0.39 is 5.97 Å². The molecule has 0 bridgehead atoms. The van der Waals surface area contributed by atoms with Crippen molar-refractivity contribution in [2.75, 3.05) is 20.3 Å². The van der Waals surface area contributed by atoms with Gasteiger partial charge < -0.3 is 19.3 Å². The van der Waals surface area contributed by atoms with Crippen molar-refractivity contribution < 1.29 is 24.1 Å². The largest absolute Gasteiger partial charge is 0.493 e. The van der Waals surface area contributed by atoms with E-state index in [9.17, 15) is 4.79 Å². The molecule has 0 aliphatic carbocycles. The topological polar surface area (TPSA) is 65.0 Å². The van der Waals surface area contributed by atoms with Gasteiger partial charge in [-0.05, 0) is 55.0 Å². The summed E-state index contributed by atoms with van der Waals surface area (Å²) < 4.78 is 16.1. The number of hydrogen-bond acceptors (Lipinski definition) is 5. The lowest BCUT2D eigenvalue weighted by atomic mass is 10.2.